The van der Waals surface area contributed by atoms with E-state index in [1.807, 2.05) is 30.3 Å². The molecule has 0 aliphatic rings. The summed E-state index contributed by atoms with van der Waals surface area (Å²) in [6.45, 7) is 3.73. The minimum Gasteiger partial charge on any atom is -0.269 e. The standard InChI is InChI=1S/C17H20N2O4S/c1-13(2)19-24(21,22)16-10-8-15(9-11-16)17(20)18-23-12-14-6-4-3-5-7-14/h3-11,13,19H,12H2,1-2H3,(H,18,20). The zero-order chi connectivity index (χ0) is 17.6. The first-order valence-corrected chi connectivity index (χ1v) is 8.95. The van der Waals surface area contributed by atoms with Crippen LogP contribution in [0, 0.1) is 0 Å². The van der Waals surface area contributed by atoms with Crippen molar-refractivity contribution in [3.05, 3.63) is 65.7 Å². The number of nitrogens with one attached hydrogen (secondary N) is 2. The van der Waals surface area contributed by atoms with Crippen molar-refractivity contribution in [3.63, 3.8) is 0 Å². The Kier molecular flexibility index (Phi) is 6.08. The van der Waals surface area contributed by atoms with Gasteiger partial charge in [0.25, 0.3) is 5.91 Å². The predicted octanol–water partition coefficient (Wildman–Crippen LogP) is 2.23. The second-order valence-corrected chi connectivity index (χ2v) is 7.22. The summed E-state index contributed by atoms with van der Waals surface area (Å²) in [6, 6.07) is 14.9. The van der Waals surface area contributed by atoms with Crippen molar-refractivity contribution in [1.82, 2.24) is 10.2 Å². The molecule has 0 saturated heterocycles. The Morgan fingerprint density at radius 1 is 1.04 bits per heavy atom. The van der Waals surface area contributed by atoms with Gasteiger partial charge >= 0.3 is 0 Å². The van der Waals surface area contributed by atoms with Crippen molar-refractivity contribution in [1.29, 1.82) is 0 Å². The van der Waals surface area contributed by atoms with Gasteiger partial charge in [0, 0.05) is 11.6 Å². The van der Waals surface area contributed by atoms with Crippen LogP contribution in [-0.2, 0) is 21.5 Å². The molecule has 2 N–H and O–H groups in total. The summed E-state index contributed by atoms with van der Waals surface area (Å²) in [6.07, 6.45) is 0. The van der Waals surface area contributed by atoms with Crippen LogP contribution in [0.2, 0.25) is 0 Å². The Morgan fingerprint density at radius 2 is 1.67 bits per heavy atom. The maximum Gasteiger partial charge on any atom is 0.274 e. The lowest BCUT2D eigenvalue weighted by atomic mass is 10.2. The summed E-state index contributed by atoms with van der Waals surface area (Å²) < 4.78 is 26.5. The summed E-state index contributed by atoms with van der Waals surface area (Å²) in [5.41, 5.74) is 3.58. The highest BCUT2D eigenvalue weighted by molar-refractivity contribution is 7.89. The molecule has 0 saturated carbocycles. The van der Waals surface area contributed by atoms with E-state index in [1.54, 1.807) is 13.8 Å². The van der Waals surface area contributed by atoms with Gasteiger partial charge in [-0.05, 0) is 43.7 Å². The molecule has 0 aliphatic carbocycles. The molecule has 0 radical (unpaired) electrons. The van der Waals surface area contributed by atoms with Gasteiger partial charge in [0.1, 0.15) is 0 Å². The number of carbonyl (C=O) groups excluding carboxylic acids is 1. The highest BCUT2D eigenvalue weighted by atomic mass is 32.2. The van der Waals surface area contributed by atoms with Gasteiger partial charge in [-0.2, -0.15) is 0 Å². The smallest absolute Gasteiger partial charge is 0.269 e. The molecule has 2 rings (SSSR count). The van der Waals surface area contributed by atoms with Crippen LogP contribution in [-0.4, -0.2) is 20.4 Å². The lowest BCUT2D eigenvalue weighted by Gasteiger charge is -2.10. The fraction of sp³-hybridized carbons (Fsp3) is 0.235. The second kappa shape index (κ2) is 8.05. The summed E-state index contributed by atoms with van der Waals surface area (Å²) >= 11 is 0. The first-order valence-electron chi connectivity index (χ1n) is 7.47. The zero-order valence-corrected chi connectivity index (χ0v) is 14.3. The zero-order valence-electron chi connectivity index (χ0n) is 13.5. The summed E-state index contributed by atoms with van der Waals surface area (Å²) in [7, 11) is -3.57. The van der Waals surface area contributed by atoms with E-state index in [-0.39, 0.29) is 17.5 Å². The molecular formula is C17H20N2O4S. The van der Waals surface area contributed by atoms with Crippen molar-refractivity contribution in [2.75, 3.05) is 0 Å². The van der Waals surface area contributed by atoms with Crippen molar-refractivity contribution >= 4 is 15.9 Å². The Hall–Kier alpha value is -2.22. The lowest BCUT2D eigenvalue weighted by molar-refractivity contribution is 0.0233. The minimum absolute atomic E-state index is 0.109. The maximum atomic E-state index is 12.0. The molecule has 0 aromatic heterocycles. The third-order valence-electron chi connectivity index (χ3n) is 3.06. The number of hydroxylamine groups is 1. The molecule has 6 nitrogen and oxygen atoms in total. The summed E-state index contributed by atoms with van der Waals surface area (Å²) in [5.74, 6) is -0.438. The average Bonchev–Trinajstić information content (AvgIpc) is 2.55. The van der Waals surface area contributed by atoms with Gasteiger partial charge in [0.2, 0.25) is 10.0 Å². The van der Waals surface area contributed by atoms with E-state index in [0.29, 0.717) is 5.56 Å². The van der Waals surface area contributed by atoms with E-state index in [4.69, 9.17) is 4.84 Å². The Labute approximate surface area is 141 Å². The first-order chi connectivity index (χ1) is 11.4. The highest BCUT2D eigenvalue weighted by Crippen LogP contribution is 2.11. The van der Waals surface area contributed by atoms with E-state index < -0.39 is 15.9 Å². The number of amides is 1. The van der Waals surface area contributed by atoms with Crippen LogP contribution < -0.4 is 10.2 Å². The third kappa shape index (κ3) is 5.16. The molecule has 2 aromatic rings. The molecule has 0 spiro atoms. The fourth-order valence-electron chi connectivity index (χ4n) is 1.98. The van der Waals surface area contributed by atoms with E-state index in [2.05, 4.69) is 10.2 Å². The maximum absolute atomic E-state index is 12.0. The number of hydrogen-bond donors (Lipinski definition) is 2. The van der Waals surface area contributed by atoms with Crippen LogP contribution in [0.5, 0.6) is 0 Å². The normalized spacial score (nSPS) is 11.5. The first kappa shape index (κ1) is 18.1. The van der Waals surface area contributed by atoms with E-state index >= 15 is 0 Å². The van der Waals surface area contributed by atoms with E-state index in [0.717, 1.165) is 5.56 Å². The van der Waals surface area contributed by atoms with Gasteiger partial charge in [-0.25, -0.2) is 18.6 Å². The molecule has 24 heavy (non-hydrogen) atoms. The molecule has 0 aliphatic heterocycles. The molecule has 0 heterocycles. The van der Waals surface area contributed by atoms with Crippen LogP contribution in [0.25, 0.3) is 0 Å². The second-order valence-electron chi connectivity index (χ2n) is 5.51. The van der Waals surface area contributed by atoms with E-state index in [9.17, 15) is 13.2 Å². The topological polar surface area (TPSA) is 84.5 Å². The molecule has 0 unspecified atom stereocenters. The van der Waals surface area contributed by atoms with Gasteiger partial charge < -0.3 is 0 Å². The summed E-state index contributed by atoms with van der Waals surface area (Å²) in [4.78, 5) is 17.2. The average molecular weight is 348 g/mol. The van der Waals surface area contributed by atoms with E-state index in [1.165, 1.54) is 24.3 Å². The molecule has 7 heteroatoms. The predicted molar refractivity (Wildman–Crippen MR) is 90.6 cm³/mol. The molecule has 2 aromatic carbocycles. The van der Waals surface area contributed by atoms with Crippen molar-refractivity contribution in [2.45, 2.75) is 31.4 Å². The van der Waals surface area contributed by atoms with Crippen molar-refractivity contribution < 1.29 is 18.0 Å². The Morgan fingerprint density at radius 3 is 2.25 bits per heavy atom. The van der Waals surface area contributed by atoms with Crippen LogP contribution >= 0.6 is 0 Å². The summed E-state index contributed by atoms with van der Waals surface area (Å²) in [5, 5.41) is 0. The Balaban J connectivity index is 1.94. The van der Waals surface area contributed by atoms with Gasteiger partial charge in [-0.3, -0.25) is 9.63 Å². The van der Waals surface area contributed by atoms with Crippen LogP contribution in [0.15, 0.2) is 59.5 Å². The van der Waals surface area contributed by atoms with Crippen LogP contribution in [0.1, 0.15) is 29.8 Å². The molecule has 0 fully saturated rings. The van der Waals surface area contributed by atoms with Gasteiger partial charge in [-0.15, -0.1) is 0 Å². The monoisotopic (exact) mass is 348 g/mol. The number of sulfonamides is 1. The minimum atomic E-state index is -3.57. The van der Waals surface area contributed by atoms with Gasteiger partial charge in [-0.1, -0.05) is 30.3 Å². The van der Waals surface area contributed by atoms with Crippen molar-refractivity contribution in [3.8, 4) is 0 Å². The Bertz CT molecular complexity index is 772. The van der Waals surface area contributed by atoms with Crippen molar-refractivity contribution in [2.24, 2.45) is 0 Å². The SMILES string of the molecule is CC(C)NS(=O)(=O)c1ccc(C(=O)NOCc2ccccc2)cc1. The fourth-order valence-corrected chi connectivity index (χ4v) is 3.23. The molecule has 0 atom stereocenters. The van der Waals surface area contributed by atoms with Gasteiger partial charge in [0.05, 0.1) is 11.5 Å². The van der Waals surface area contributed by atoms with Crippen LogP contribution in [0.3, 0.4) is 0 Å². The van der Waals surface area contributed by atoms with Crippen LogP contribution in [0.4, 0.5) is 0 Å². The molecule has 0 bridgehead atoms. The number of rotatable bonds is 7. The number of carbonyl (C=O) groups is 1. The highest BCUT2D eigenvalue weighted by Gasteiger charge is 2.16. The lowest BCUT2D eigenvalue weighted by Crippen LogP contribution is -2.30. The third-order valence-corrected chi connectivity index (χ3v) is 4.74. The molecular weight excluding hydrogens is 328 g/mol. The molecule has 128 valence electrons. The number of benzene rings is 2. The largest absolute Gasteiger partial charge is 0.274 e. The van der Waals surface area contributed by atoms with Gasteiger partial charge in [0.15, 0.2) is 0 Å². The quantitative estimate of drug-likeness (QED) is 0.752. The molecule has 1 amide bonds. The number of hydrogen-bond acceptors (Lipinski definition) is 4.